The number of nitrogens with zero attached hydrogens (tertiary/aromatic N) is 3. The van der Waals surface area contributed by atoms with Crippen LogP contribution in [0.4, 0.5) is 0 Å². The third-order valence-electron chi connectivity index (χ3n) is 4.02. The molecule has 2 aromatic rings. The van der Waals surface area contributed by atoms with Gasteiger partial charge in [0, 0.05) is 36.8 Å². The van der Waals surface area contributed by atoms with Gasteiger partial charge in [0.05, 0.1) is 10.7 Å². The minimum Gasteiger partial charge on any atom is -0.335 e. The Morgan fingerprint density at radius 2 is 1.71 bits per heavy atom. The van der Waals surface area contributed by atoms with Crippen molar-refractivity contribution in [1.82, 2.24) is 14.8 Å². The van der Waals surface area contributed by atoms with Crippen LogP contribution in [0.1, 0.15) is 30.7 Å². The van der Waals surface area contributed by atoms with Crippen LogP contribution in [0.25, 0.3) is 0 Å². The van der Waals surface area contributed by atoms with Gasteiger partial charge in [-0.05, 0) is 32.0 Å². The molecule has 126 valence electrons. The summed E-state index contributed by atoms with van der Waals surface area (Å²) in [5.74, 6) is -0.0395. The Kier molecular flexibility index (Phi) is 4.87. The molecule has 0 radical (unpaired) electrons. The fraction of sp³-hybridized carbons (Fsp3) is 0.353. The molecule has 1 saturated heterocycles. The van der Waals surface area contributed by atoms with Crippen LogP contribution in [0.3, 0.4) is 0 Å². The smallest absolute Gasteiger partial charge is 0.265 e. The van der Waals surface area contributed by atoms with E-state index in [2.05, 4.69) is 4.98 Å². The molecular formula is C17H18ClN3O2S. The number of aryl methyl sites for hydroxylation is 2. The highest BCUT2D eigenvalue weighted by atomic mass is 35.5. The lowest BCUT2D eigenvalue weighted by Crippen LogP contribution is -2.50. The summed E-state index contributed by atoms with van der Waals surface area (Å²) in [6.07, 6.45) is 0. The Labute approximate surface area is 149 Å². The Morgan fingerprint density at radius 1 is 1.08 bits per heavy atom. The molecular weight excluding hydrogens is 346 g/mol. The predicted octanol–water partition coefficient (Wildman–Crippen LogP) is 3.01. The number of hydrogen-bond donors (Lipinski definition) is 0. The van der Waals surface area contributed by atoms with Crippen LogP contribution in [0.2, 0.25) is 5.02 Å². The molecule has 1 aromatic carbocycles. The molecule has 1 aliphatic rings. The minimum atomic E-state index is -0.0468. The lowest BCUT2D eigenvalue weighted by atomic mass is 10.2. The van der Waals surface area contributed by atoms with Gasteiger partial charge in [-0.1, -0.05) is 17.7 Å². The van der Waals surface area contributed by atoms with Gasteiger partial charge in [-0.15, -0.1) is 11.3 Å². The number of aromatic nitrogens is 1. The number of benzene rings is 1. The second-order valence-electron chi connectivity index (χ2n) is 5.74. The molecule has 7 heteroatoms. The Morgan fingerprint density at radius 3 is 2.25 bits per heavy atom. The van der Waals surface area contributed by atoms with Crippen molar-refractivity contribution in [3.63, 3.8) is 0 Å². The maximum absolute atomic E-state index is 12.6. The molecule has 1 aliphatic heterocycles. The molecule has 0 saturated carbocycles. The number of hydrogen-bond acceptors (Lipinski definition) is 4. The van der Waals surface area contributed by atoms with E-state index in [9.17, 15) is 9.59 Å². The van der Waals surface area contributed by atoms with Gasteiger partial charge >= 0.3 is 0 Å². The van der Waals surface area contributed by atoms with Gasteiger partial charge in [-0.3, -0.25) is 9.59 Å². The lowest BCUT2D eigenvalue weighted by Gasteiger charge is -2.34. The molecule has 0 N–H and O–H groups in total. The predicted molar refractivity (Wildman–Crippen MR) is 94.8 cm³/mol. The van der Waals surface area contributed by atoms with Crippen LogP contribution in [0.15, 0.2) is 24.3 Å². The lowest BCUT2D eigenvalue weighted by molar-refractivity contribution is 0.0537. The summed E-state index contributed by atoms with van der Waals surface area (Å²) >= 11 is 7.37. The standard InChI is InChI=1S/C17H18ClN3O2S/c1-11-15(24-12(2)19-11)17(23)21-8-6-20(7-9-21)16(22)13-4-3-5-14(18)10-13/h3-5,10H,6-9H2,1-2H3. The summed E-state index contributed by atoms with van der Waals surface area (Å²) in [6.45, 7) is 5.86. The number of amides is 2. The second-order valence-corrected chi connectivity index (χ2v) is 7.38. The average Bonchev–Trinajstić information content (AvgIpc) is 2.92. The largest absolute Gasteiger partial charge is 0.335 e. The number of carbonyl (C=O) groups excluding carboxylic acids is 2. The van der Waals surface area contributed by atoms with Crippen molar-refractivity contribution >= 4 is 34.8 Å². The Bertz CT molecular complexity index is 782. The van der Waals surface area contributed by atoms with Gasteiger partial charge in [0.1, 0.15) is 4.88 Å². The fourth-order valence-corrected chi connectivity index (χ4v) is 3.87. The van der Waals surface area contributed by atoms with E-state index in [1.807, 2.05) is 13.8 Å². The summed E-state index contributed by atoms with van der Waals surface area (Å²) < 4.78 is 0. The van der Waals surface area contributed by atoms with Crippen LogP contribution in [-0.4, -0.2) is 52.8 Å². The normalized spacial score (nSPS) is 14.8. The summed E-state index contributed by atoms with van der Waals surface area (Å²) in [4.78, 5) is 33.7. The third kappa shape index (κ3) is 3.44. The first-order chi connectivity index (χ1) is 11.5. The fourth-order valence-electron chi connectivity index (χ4n) is 2.79. The summed E-state index contributed by atoms with van der Waals surface area (Å²) in [6, 6.07) is 6.94. The van der Waals surface area contributed by atoms with Crippen molar-refractivity contribution in [2.24, 2.45) is 0 Å². The highest BCUT2D eigenvalue weighted by molar-refractivity contribution is 7.13. The first-order valence-electron chi connectivity index (χ1n) is 7.74. The molecule has 5 nitrogen and oxygen atoms in total. The van der Waals surface area contributed by atoms with Crippen molar-refractivity contribution in [2.75, 3.05) is 26.2 Å². The monoisotopic (exact) mass is 363 g/mol. The quantitative estimate of drug-likeness (QED) is 0.824. The topological polar surface area (TPSA) is 53.5 Å². The zero-order chi connectivity index (χ0) is 17.3. The molecule has 24 heavy (non-hydrogen) atoms. The second kappa shape index (κ2) is 6.91. The Balaban J connectivity index is 1.64. The van der Waals surface area contributed by atoms with Gasteiger partial charge in [0.25, 0.3) is 11.8 Å². The van der Waals surface area contributed by atoms with Crippen molar-refractivity contribution < 1.29 is 9.59 Å². The molecule has 0 bridgehead atoms. The highest BCUT2D eigenvalue weighted by Gasteiger charge is 2.27. The van der Waals surface area contributed by atoms with Crippen LogP contribution in [0.5, 0.6) is 0 Å². The van der Waals surface area contributed by atoms with Crippen LogP contribution in [-0.2, 0) is 0 Å². The van der Waals surface area contributed by atoms with E-state index in [1.165, 1.54) is 11.3 Å². The molecule has 2 amide bonds. The van der Waals surface area contributed by atoms with E-state index in [1.54, 1.807) is 34.1 Å². The number of thiazole rings is 1. The number of piperazine rings is 1. The molecule has 3 rings (SSSR count). The van der Waals surface area contributed by atoms with Crippen LogP contribution in [0, 0.1) is 13.8 Å². The maximum Gasteiger partial charge on any atom is 0.265 e. The van der Waals surface area contributed by atoms with Crippen molar-refractivity contribution in [3.05, 3.63) is 50.4 Å². The van der Waals surface area contributed by atoms with E-state index >= 15 is 0 Å². The molecule has 0 aliphatic carbocycles. The zero-order valence-corrected chi connectivity index (χ0v) is 15.2. The average molecular weight is 364 g/mol. The zero-order valence-electron chi connectivity index (χ0n) is 13.6. The van der Waals surface area contributed by atoms with Crippen molar-refractivity contribution in [1.29, 1.82) is 0 Å². The summed E-state index contributed by atoms with van der Waals surface area (Å²) in [5, 5.41) is 1.44. The van der Waals surface area contributed by atoms with Crippen LogP contribution < -0.4 is 0 Å². The molecule has 1 aromatic heterocycles. The van der Waals surface area contributed by atoms with E-state index < -0.39 is 0 Å². The number of rotatable bonds is 2. The van der Waals surface area contributed by atoms with Gasteiger partial charge in [0.2, 0.25) is 0 Å². The molecule has 2 heterocycles. The highest BCUT2D eigenvalue weighted by Crippen LogP contribution is 2.20. The summed E-state index contributed by atoms with van der Waals surface area (Å²) in [5.41, 5.74) is 1.36. The van der Waals surface area contributed by atoms with Gasteiger partial charge in [-0.25, -0.2) is 4.98 Å². The Hall–Kier alpha value is -1.92. The first kappa shape index (κ1) is 16.9. The minimum absolute atomic E-state index is 0.00737. The molecule has 0 spiro atoms. The van der Waals surface area contributed by atoms with Crippen molar-refractivity contribution in [3.8, 4) is 0 Å². The van der Waals surface area contributed by atoms with Gasteiger partial charge < -0.3 is 9.80 Å². The van der Waals surface area contributed by atoms with E-state index in [-0.39, 0.29) is 11.8 Å². The summed E-state index contributed by atoms with van der Waals surface area (Å²) in [7, 11) is 0. The number of halogens is 1. The molecule has 0 atom stereocenters. The third-order valence-corrected chi connectivity index (χ3v) is 5.32. The number of carbonyl (C=O) groups is 2. The molecule has 0 unspecified atom stereocenters. The SMILES string of the molecule is Cc1nc(C)c(C(=O)N2CCN(C(=O)c3cccc(Cl)c3)CC2)s1. The maximum atomic E-state index is 12.6. The van der Waals surface area contributed by atoms with E-state index in [0.29, 0.717) is 41.6 Å². The van der Waals surface area contributed by atoms with Crippen molar-refractivity contribution in [2.45, 2.75) is 13.8 Å². The first-order valence-corrected chi connectivity index (χ1v) is 8.93. The van der Waals surface area contributed by atoms with Gasteiger partial charge in [0.15, 0.2) is 0 Å². The van der Waals surface area contributed by atoms with E-state index in [0.717, 1.165) is 10.7 Å². The van der Waals surface area contributed by atoms with Crippen LogP contribution >= 0.6 is 22.9 Å². The molecule has 1 fully saturated rings. The van der Waals surface area contributed by atoms with E-state index in [4.69, 9.17) is 11.6 Å². The van der Waals surface area contributed by atoms with Gasteiger partial charge in [-0.2, -0.15) is 0 Å².